The zero-order valence-corrected chi connectivity index (χ0v) is 13.4. The molecule has 0 spiro atoms. The van der Waals surface area contributed by atoms with Gasteiger partial charge in [0.15, 0.2) is 0 Å². The Morgan fingerprint density at radius 3 is 2.62 bits per heavy atom. The standard InChI is InChI=1S/C15H21ClN4O/c1-11(2)8-17-9-14-18-19-15(21-14)20(3)10-12-4-6-13(16)7-5-12/h4-7,11,17H,8-10H2,1-3H3. The first kappa shape index (κ1) is 15.8. The molecule has 0 bridgehead atoms. The predicted molar refractivity (Wildman–Crippen MR) is 84.4 cm³/mol. The Labute approximate surface area is 130 Å². The molecule has 0 saturated carbocycles. The summed E-state index contributed by atoms with van der Waals surface area (Å²) in [5.41, 5.74) is 1.14. The average Bonchev–Trinajstić information content (AvgIpc) is 2.90. The fraction of sp³-hybridized carbons (Fsp3) is 0.467. The quantitative estimate of drug-likeness (QED) is 0.852. The lowest BCUT2D eigenvalue weighted by atomic mass is 10.2. The van der Waals surface area contributed by atoms with Crippen molar-refractivity contribution in [3.8, 4) is 0 Å². The minimum atomic E-state index is 0.520. The minimum Gasteiger partial charge on any atom is -0.407 e. The maximum Gasteiger partial charge on any atom is 0.318 e. The summed E-state index contributed by atoms with van der Waals surface area (Å²) in [5.74, 6) is 1.20. The molecule has 0 aliphatic carbocycles. The second-order valence-electron chi connectivity index (χ2n) is 5.49. The third-order valence-corrected chi connectivity index (χ3v) is 3.20. The molecule has 0 aliphatic rings. The lowest BCUT2D eigenvalue weighted by molar-refractivity contribution is 0.450. The van der Waals surface area contributed by atoms with E-state index in [1.165, 1.54) is 0 Å². The van der Waals surface area contributed by atoms with Gasteiger partial charge in [0.25, 0.3) is 0 Å². The van der Waals surface area contributed by atoms with Gasteiger partial charge in [-0.15, -0.1) is 5.10 Å². The van der Waals surface area contributed by atoms with Crippen LogP contribution in [0.4, 0.5) is 6.01 Å². The number of hydrogen-bond acceptors (Lipinski definition) is 5. The van der Waals surface area contributed by atoms with Crippen molar-refractivity contribution >= 4 is 17.6 Å². The minimum absolute atomic E-state index is 0.520. The number of benzene rings is 1. The molecule has 2 aromatic rings. The van der Waals surface area contributed by atoms with E-state index in [0.29, 0.717) is 30.9 Å². The van der Waals surface area contributed by atoms with E-state index in [-0.39, 0.29) is 0 Å². The van der Waals surface area contributed by atoms with Crippen molar-refractivity contribution in [3.05, 3.63) is 40.7 Å². The highest BCUT2D eigenvalue weighted by Crippen LogP contribution is 2.15. The van der Waals surface area contributed by atoms with Gasteiger partial charge in [-0.25, -0.2) is 0 Å². The summed E-state index contributed by atoms with van der Waals surface area (Å²) in [6.45, 7) is 6.54. The molecule has 2 rings (SSSR count). The summed E-state index contributed by atoms with van der Waals surface area (Å²) in [6.07, 6.45) is 0. The number of nitrogens with one attached hydrogen (secondary N) is 1. The Balaban J connectivity index is 1.89. The maximum atomic E-state index is 5.88. The summed E-state index contributed by atoms with van der Waals surface area (Å²) in [4.78, 5) is 1.92. The van der Waals surface area contributed by atoms with E-state index >= 15 is 0 Å². The van der Waals surface area contributed by atoms with Crippen LogP contribution in [0.1, 0.15) is 25.3 Å². The molecule has 6 heteroatoms. The Morgan fingerprint density at radius 2 is 1.95 bits per heavy atom. The molecule has 0 unspecified atom stereocenters. The van der Waals surface area contributed by atoms with Gasteiger partial charge in [-0.2, -0.15) is 0 Å². The third kappa shape index (κ3) is 5.02. The smallest absolute Gasteiger partial charge is 0.318 e. The molecule has 0 fully saturated rings. The molecule has 5 nitrogen and oxygen atoms in total. The summed E-state index contributed by atoms with van der Waals surface area (Å²) in [5, 5.41) is 12.1. The Kier molecular flexibility index (Phi) is 5.59. The van der Waals surface area contributed by atoms with Gasteiger partial charge in [0.1, 0.15) is 0 Å². The zero-order valence-electron chi connectivity index (χ0n) is 12.6. The number of aromatic nitrogens is 2. The van der Waals surface area contributed by atoms with E-state index in [0.717, 1.165) is 17.1 Å². The largest absolute Gasteiger partial charge is 0.407 e. The second-order valence-corrected chi connectivity index (χ2v) is 5.92. The van der Waals surface area contributed by atoms with Crippen molar-refractivity contribution in [2.24, 2.45) is 5.92 Å². The monoisotopic (exact) mass is 308 g/mol. The first-order valence-electron chi connectivity index (χ1n) is 7.03. The SMILES string of the molecule is CC(C)CNCc1nnc(N(C)Cc2ccc(Cl)cc2)o1. The van der Waals surface area contributed by atoms with E-state index in [4.69, 9.17) is 16.0 Å². The van der Waals surface area contributed by atoms with E-state index in [1.54, 1.807) is 0 Å². The second kappa shape index (κ2) is 7.43. The van der Waals surface area contributed by atoms with E-state index < -0.39 is 0 Å². The maximum absolute atomic E-state index is 5.88. The summed E-state index contributed by atoms with van der Waals surface area (Å²) in [6, 6.07) is 8.24. The van der Waals surface area contributed by atoms with Gasteiger partial charge in [0.05, 0.1) is 6.54 Å². The van der Waals surface area contributed by atoms with Crippen molar-refractivity contribution in [2.45, 2.75) is 26.9 Å². The lowest BCUT2D eigenvalue weighted by Crippen LogP contribution is -2.19. The third-order valence-electron chi connectivity index (χ3n) is 2.94. The van der Waals surface area contributed by atoms with Crippen LogP contribution >= 0.6 is 11.6 Å². The zero-order chi connectivity index (χ0) is 15.2. The van der Waals surface area contributed by atoms with Gasteiger partial charge >= 0.3 is 6.01 Å². The van der Waals surface area contributed by atoms with Crippen LogP contribution < -0.4 is 10.2 Å². The van der Waals surface area contributed by atoms with Crippen LogP contribution in [0.5, 0.6) is 0 Å². The van der Waals surface area contributed by atoms with Gasteiger partial charge in [-0.1, -0.05) is 42.7 Å². The molecular formula is C15H21ClN4O. The molecule has 21 heavy (non-hydrogen) atoms. The molecule has 0 radical (unpaired) electrons. The van der Waals surface area contributed by atoms with Crippen LogP contribution in [0.15, 0.2) is 28.7 Å². The highest BCUT2D eigenvalue weighted by atomic mass is 35.5. The van der Waals surface area contributed by atoms with Gasteiger partial charge in [-0.05, 0) is 30.2 Å². The predicted octanol–water partition coefficient (Wildman–Crippen LogP) is 3.11. The number of nitrogens with zero attached hydrogens (tertiary/aromatic N) is 3. The van der Waals surface area contributed by atoms with E-state index in [9.17, 15) is 0 Å². The van der Waals surface area contributed by atoms with Crippen LogP contribution in [-0.2, 0) is 13.1 Å². The first-order valence-corrected chi connectivity index (χ1v) is 7.41. The van der Waals surface area contributed by atoms with Crippen LogP contribution in [0.3, 0.4) is 0 Å². The van der Waals surface area contributed by atoms with Crippen LogP contribution in [0, 0.1) is 5.92 Å². The van der Waals surface area contributed by atoms with Gasteiger partial charge < -0.3 is 14.6 Å². The highest BCUT2D eigenvalue weighted by molar-refractivity contribution is 6.30. The van der Waals surface area contributed by atoms with E-state index in [2.05, 4.69) is 29.4 Å². The van der Waals surface area contributed by atoms with E-state index in [1.807, 2.05) is 36.2 Å². The summed E-state index contributed by atoms with van der Waals surface area (Å²) < 4.78 is 5.64. The molecular weight excluding hydrogens is 288 g/mol. The molecule has 0 aliphatic heterocycles. The molecule has 0 amide bonds. The number of halogens is 1. The number of anilines is 1. The summed E-state index contributed by atoms with van der Waals surface area (Å²) >= 11 is 5.88. The molecule has 0 atom stereocenters. The molecule has 1 aromatic carbocycles. The molecule has 0 saturated heterocycles. The topological polar surface area (TPSA) is 54.2 Å². The van der Waals surface area contributed by atoms with Gasteiger partial charge in [0.2, 0.25) is 5.89 Å². The van der Waals surface area contributed by atoms with Crippen molar-refractivity contribution in [2.75, 3.05) is 18.5 Å². The van der Waals surface area contributed by atoms with Crippen molar-refractivity contribution in [3.63, 3.8) is 0 Å². The number of hydrogen-bond donors (Lipinski definition) is 1. The van der Waals surface area contributed by atoms with Crippen molar-refractivity contribution in [1.29, 1.82) is 0 Å². The van der Waals surface area contributed by atoms with Crippen molar-refractivity contribution < 1.29 is 4.42 Å². The summed E-state index contributed by atoms with van der Waals surface area (Å²) in [7, 11) is 1.92. The lowest BCUT2D eigenvalue weighted by Gasteiger charge is -2.13. The number of rotatable bonds is 7. The Bertz CT molecular complexity index is 553. The first-order chi connectivity index (χ1) is 10.0. The van der Waals surface area contributed by atoms with Crippen LogP contribution in [-0.4, -0.2) is 23.8 Å². The average molecular weight is 309 g/mol. The fourth-order valence-electron chi connectivity index (χ4n) is 1.87. The van der Waals surface area contributed by atoms with Gasteiger partial charge in [-0.3, -0.25) is 0 Å². The fourth-order valence-corrected chi connectivity index (χ4v) is 2.00. The molecule has 1 aromatic heterocycles. The van der Waals surface area contributed by atoms with Gasteiger partial charge in [0, 0.05) is 18.6 Å². The normalized spacial score (nSPS) is 11.1. The molecule has 1 heterocycles. The Hall–Kier alpha value is -1.59. The van der Waals surface area contributed by atoms with Crippen LogP contribution in [0.2, 0.25) is 5.02 Å². The van der Waals surface area contributed by atoms with Crippen LogP contribution in [0.25, 0.3) is 0 Å². The van der Waals surface area contributed by atoms with Crippen molar-refractivity contribution in [1.82, 2.24) is 15.5 Å². The Morgan fingerprint density at radius 1 is 1.24 bits per heavy atom. The molecule has 1 N–H and O–H groups in total. The molecule has 114 valence electrons. The highest BCUT2D eigenvalue weighted by Gasteiger charge is 2.11.